The SMILES string of the molecule is CC1CCNC(C(=O)N(C)Cc2cccc([N+](=O)[O-])c2)C1. The largest absolute Gasteiger partial charge is 0.340 e. The average molecular weight is 291 g/mol. The molecule has 1 heterocycles. The molecule has 1 aliphatic heterocycles. The molecule has 1 N–H and O–H groups in total. The second kappa shape index (κ2) is 6.67. The highest BCUT2D eigenvalue weighted by Crippen LogP contribution is 2.18. The van der Waals surface area contributed by atoms with Gasteiger partial charge >= 0.3 is 0 Å². The first-order chi connectivity index (χ1) is 9.97. The molecule has 0 radical (unpaired) electrons. The standard InChI is InChI=1S/C15H21N3O3/c1-11-6-7-16-14(8-11)15(19)17(2)10-12-4-3-5-13(9-12)18(20)21/h3-5,9,11,14,16H,6-8,10H2,1-2H3. The maximum atomic E-state index is 12.4. The number of carbonyl (C=O) groups is 1. The Bertz CT molecular complexity index is 533. The van der Waals surface area contributed by atoms with E-state index >= 15 is 0 Å². The minimum atomic E-state index is -0.421. The molecule has 0 saturated carbocycles. The third kappa shape index (κ3) is 4.01. The number of nitrogens with zero attached hydrogens (tertiary/aromatic N) is 2. The van der Waals surface area contributed by atoms with E-state index in [0.29, 0.717) is 12.5 Å². The first kappa shape index (κ1) is 15.4. The van der Waals surface area contributed by atoms with Gasteiger partial charge in [0.15, 0.2) is 0 Å². The summed E-state index contributed by atoms with van der Waals surface area (Å²) in [7, 11) is 1.74. The number of rotatable bonds is 4. The number of nitro groups is 1. The Morgan fingerprint density at radius 2 is 2.29 bits per heavy atom. The van der Waals surface area contributed by atoms with Gasteiger partial charge in [-0.1, -0.05) is 19.1 Å². The smallest absolute Gasteiger partial charge is 0.269 e. The van der Waals surface area contributed by atoms with E-state index in [1.807, 2.05) is 0 Å². The molecular weight excluding hydrogens is 270 g/mol. The van der Waals surface area contributed by atoms with Crippen LogP contribution >= 0.6 is 0 Å². The normalized spacial score (nSPS) is 21.8. The molecule has 2 unspecified atom stereocenters. The number of nitrogens with one attached hydrogen (secondary N) is 1. The Hall–Kier alpha value is -1.95. The van der Waals surface area contributed by atoms with E-state index in [-0.39, 0.29) is 17.6 Å². The third-order valence-electron chi connectivity index (χ3n) is 3.88. The van der Waals surface area contributed by atoms with Crippen molar-refractivity contribution in [3.8, 4) is 0 Å². The van der Waals surface area contributed by atoms with Crippen molar-refractivity contribution in [2.24, 2.45) is 5.92 Å². The molecule has 0 aromatic heterocycles. The Morgan fingerprint density at radius 3 is 2.95 bits per heavy atom. The van der Waals surface area contributed by atoms with Crippen molar-refractivity contribution in [1.82, 2.24) is 10.2 Å². The van der Waals surface area contributed by atoms with Crippen molar-refractivity contribution in [2.45, 2.75) is 32.4 Å². The molecule has 1 aromatic carbocycles. The Labute approximate surface area is 124 Å². The molecule has 1 aliphatic rings. The van der Waals surface area contributed by atoms with Gasteiger partial charge in [-0.05, 0) is 30.9 Å². The van der Waals surface area contributed by atoms with Gasteiger partial charge in [0.05, 0.1) is 11.0 Å². The molecule has 6 nitrogen and oxygen atoms in total. The van der Waals surface area contributed by atoms with Gasteiger partial charge in [-0.15, -0.1) is 0 Å². The quantitative estimate of drug-likeness (QED) is 0.679. The van der Waals surface area contributed by atoms with Crippen LogP contribution in [0.15, 0.2) is 24.3 Å². The molecule has 21 heavy (non-hydrogen) atoms. The Kier molecular flexibility index (Phi) is 4.90. The van der Waals surface area contributed by atoms with E-state index in [9.17, 15) is 14.9 Å². The lowest BCUT2D eigenvalue weighted by Crippen LogP contribution is -2.48. The highest BCUT2D eigenvalue weighted by atomic mass is 16.6. The minimum absolute atomic E-state index is 0.0491. The maximum Gasteiger partial charge on any atom is 0.269 e. The van der Waals surface area contributed by atoms with Crippen LogP contribution in [0.2, 0.25) is 0 Å². The monoisotopic (exact) mass is 291 g/mol. The summed E-state index contributed by atoms with van der Waals surface area (Å²) in [5.74, 6) is 0.597. The summed E-state index contributed by atoms with van der Waals surface area (Å²) in [5.41, 5.74) is 0.821. The highest BCUT2D eigenvalue weighted by molar-refractivity contribution is 5.81. The van der Waals surface area contributed by atoms with Crippen molar-refractivity contribution in [3.63, 3.8) is 0 Å². The summed E-state index contributed by atoms with van der Waals surface area (Å²) in [5, 5.41) is 14.0. The van der Waals surface area contributed by atoms with E-state index in [1.54, 1.807) is 24.1 Å². The second-order valence-corrected chi connectivity index (χ2v) is 5.76. The van der Waals surface area contributed by atoms with Crippen LogP contribution in [0, 0.1) is 16.0 Å². The van der Waals surface area contributed by atoms with Gasteiger partial charge in [0, 0.05) is 25.7 Å². The zero-order valence-electron chi connectivity index (χ0n) is 12.4. The van der Waals surface area contributed by atoms with Crippen LogP contribution in [-0.2, 0) is 11.3 Å². The fourth-order valence-corrected chi connectivity index (χ4v) is 2.68. The summed E-state index contributed by atoms with van der Waals surface area (Å²) in [6.45, 7) is 3.40. The fourth-order valence-electron chi connectivity index (χ4n) is 2.68. The van der Waals surface area contributed by atoms with Crippen LogP contribution in [0.4, 0.5) is 5.69 Å². The van der Waals surface area contributed by atoms with Crippen LogP contribution in [0.25, 0.3) is 0 Å². The molecule has 2 rings (SSSR count). The molecule has 1 amide bonds. The van der Waals surface area contributed by atoms with Crippen molar-refractivity contribution < 1.29 is 9.72 Å². The minimum Gasteiger partial charge on any atom is -0.340 e. The molecule has 0 aliphatic carbocycles. The lowest BCUT2D eigenvalue weighted by atomic mass is 9.93. The van der Waals surface area contributed by atoms with E-state index in [2.05, 4.69) is 12.2 Å². The van der Waals surface area contributed by atoms with Crippen LogP contribution in [0.3, 0.4) is 0 Å². The van der Waals surface area contributed by atoms with Crippen molar-refractivity contribution in [2.75, 3.05) is 13.6 Å². The van der Waals surface area contributed by atoms with Gasteiger partial charge < -0.3 is 10.2 Å². The van der Waals surface area contributed by atoms with Gasteiger partial charge in [-0.25, -0.2) is 0 Å². The zero-order valence-corrected chi connectivity index (χ0v) is 12.4. The van der Waals surface area contributed by atoms with Crippen LogP contribution < -0.4 is 5.32 Å². The number of amides is 1. The lowest BCUT2D eigenvalue weighted by Gasteiger charge is -2.30. The van der Waals surface area contributed by atoms with Crippen LogP contribution in [0.5, 0.6) is 0 Å². The first-order valence-corrected chi connectivity index (χ1v) is 7.19. The summed E-state index contributed by atoms with van der Waals surface area (Å²) in [6.07, 6.45) is 1.94. The van der Waals surface area contributed by atoms with Crippen LogP contribution in [-0.4, -0.2) is 35.4 Å². The molecule has 114 valence electrons. The Morgan fingerprint density at radius 1 is 1.52 bits per heavy atom. The Balaban J connectivity index is 2.00. The maximum absolute atomic E-state index is 12.4. The number of likely N-dealkylation sites (N-methyl/N-ethyl adjacent to an activating group) is 1. The molecule has 0 spiro atoms. The zero-order chi connectivity index (χ0) is 15.4. The molecular formula is C15H21N3O3. The molecule has 0 bridgehead atoms. The summed E-state index contributed by atoms with van der Waals surface area (Å²) in [4.78, 5) is 24.4. The molecule has 1 fully saturated rings. The van der Waals surface area contributed by atoms with E-state index in [4.69, 9.17) is 0 Å². The topological polar surface area (TPSA) is 75.5 Å². The highest BCUT2D eigenvalue weighted by Gasteiger charge is 2.26. The van der Waals surface area contributed by atoms with E-state index in [0.717, 1.165) is 24.9 Å². The summed E-state index contributed by atoms with van der Waals surface area (Å²) in [6, 6.07) is 6.27. The summed E-state index contributed by atoms with van der Waals surface area (Å²) < 4.78 is 0. The second-order valence-electron chi connectivity index (χ2n) is 5.76. The lowest BCUT2D eigenvalue weighted by molar-refractivity contribution is -0.384. The van der Waals surface area contributed by atoms with Gasteiger partial charge in [0.2, 0.25) is 5.91 Å². The van der Waals surface area contributed by atoms with Crippen LogP contribution in [0.1, 0.15) is 25.3 Å². The molecule has 2 atom stereocenters. The number of non-ortho nitro benzene ring substituents is 1. The number of hydrogen-bond donors (Lipinski definition) is 1. The average Bonchev–Trinajstić information content (AvgIpc) is 2.46. The number of benzene rings is 1. The van der Waals surface area contributed by atoms with Crippen molar-refractivity contribution >= 4 is 11.6 Å². The number of nitro benzene ring substituents is 1. The number of hydrogen-bond acceptors (Lipinski definition) is 4. The molecule has 1 aromatic rings. The summed E-state index contributed by atoms with van der Waals surface area (Å²) >= 11 is 0. The molecule has 6 heteroatoms. The van der Waals surface area contributed by atoms with Crippen molar-refractivity contribution in [3.05, 3.63) is 39.9 Å². The number of carbonyl (C=O) groups excluding carboxylic acids is 1. The fraction of sp³-hybridized carbons (Fsp3) is 0.533. The van der Waals surface area contributed by atoms with Gasteiger partial charge in [0.25, 0.3) is 5.69 Å². The van der Waals surface area contributed by atoms with Gasteiger partial charge in [0.1, 0.15) is 0 Å². The van der Waals surface area contributed by atoms with E-state index in [1.165, 1.54) is 12.1 Å². The predicted molar refractivity (Wildman–Crippen MR) is 79.8 cm³/mol. The van der Waals surface area contributed by atoms with Gasteiger partial charge in [-0.2, -0.15) is 0 Å². The number of piperidine rings is 1. The predicted octanol–water partition coefficient (Wildman–Crippen LogP) is 1.94. The molecule has 1 saturated heterocycles. The van der Waals surface area contributed by atoms with Crippen molar-refractivity contribution in [1.29, 1.82) is 0 Å². The van der Waals surface area contributed by atoms with E-state index < -0.39 is 4.92 Å². The third-order valence-corrected chi connectivity index (χ3v) is 3.88. The first-order valence-electron chi connectivity index (χ1n) is 7.19. The van der Waals surface area contributed by atoms with Gasteiger partial charge in [-0.3, -0.25) is 14.9 Å².